The number of rotatable bonds is 2. The van der Waals surface area contributed by atoms with Crippen molar-refractivity contribution in [3.05, 3.63) is 63.6 Å². The predicted octanol–water partition coefficient (Wildman–Crippen LogP) is 3.98. The number of anilines is 1. The average Bonchev–Trinajstić information content (AvgIpc) is 2.64. The summed E-state index contributed by atoms with van der Waals surface area (Å²) in [5, 5.41) is 0. The van der Waals surface area contributed by atoms with Crippen molar-refractivity contribution in [2.24, 2.45) is 0 Å². The first kappa shape index (κ1) is 13.7. The maximum atomic E-state index is 5.90. The van der Waals surface area contributed by atoms with Gasteiger partial charge in [0.05, 0.1) is 0 Å². The second-order valence-electron chi connectivity index (χ2n) is 5.43. The average molecular weight is 331 g/mol. The van der Waals surface area contributed by atoms with Gasteiger partial charge in [-0.1, -0.05) is 40.2 Å². The molecule has 2 N–H and O–H groups in total. The topological polar surface area (TPSA) is 29.3 Å². The Labute approximate surface area is 128 Å². The number of nitrogens with two attached hydrogens (primary N) is 1. The zero-order valence-electron chi connectivity index (χ0n) is 11.5. The van der Waals surface area contributed by atoms with Crippen LogP contribution < -0.4 is 5.73 Å². The Kier molecular flexibility index (Phi) is 4.08. The van der Waals surface area contributed by atoms with Gasteiger partial charge in [-0.2, -0.15) is 0 Å². The lowest BCUT2D eigenvalue weighted by Gasteiger charge is -2.21. The molecule has 0 unspecified atom stereocenters. The Morgan fingerprint density at radius 1 is 1.10 bits per heavy atom. The van der Waals surface area contributed by atoms with Gasteiger partial charge in [0.1, 0.15) is 0 Å². The van der Waals surface area contributed by atoms with Crippen LogP contribution in [0.15, 0.2) is 46.9 Å². The van der Waals surface area contributed by atoms with E-state index in [1.807, 2.05) is 12.1 Å². The molecule has 0 atom stereocenters. The normalized spacial score (nSPS) is 15.7. The van der Waals surface area contributed by atoms with Crippen LogP contribution in [0.1, 0.15) is 23.1 Å². The minimum atomic E-state index is 0.832. The van der Waals surface area contributed by atoms with Crippen LogP contribution in [0.5, 0.6) is 0 Å². The van der Waals surface area contributed by atoms with Crippen molar-refractivity contribution in [3.8, 4) is 0 Å². The van der Waals surface area contributed by atoms with Gasteiger partial charge in [-0.3, -0.25) is 4.90 Å². The van der Waals surface area contributed by atoms with Gasteiger partial charge < -0.3 is 5.73 Å². The van der Waals surface area contributed by atoms with E-state index in [1.165, 1.54) is 29.5 Å². The molecule has 20 heavy (non-hydrogen) atoms. The molecular weight excluding hydrogens is 312 g/mol. The number of nitrogen functional groups attached to an aromatic ring is 1. The van der Waals surface area contributed by atoms with Crippen LogP contribution in [-0.4, -0.2) is 11.4 Å². The zero-order chi connectivity index (χ0) is 13.9. The minimum absolute atomic E-state index is 0.832. The molecule has 1 aliphatic rings. The van der Waals surface area contributed by atoms with E-state index < -0.39 is 0 Å². The molecule has 2 aromatic carbocycles. The second-order valence-corrected chi connectivity index (χ2v) is 6.29. The molecule has 1 heterocycles. The van der Waals surface area contributed by atoms with E-state index in [0.29, 0.717) is 0 Å². The molecule has 0 bridgehead atoms. The highest BCUT2D eigenvalue weighted by atomic mass is 79.9. The van der Waals surface area contributed by atoms with Gasteiger partial charge in [-0.25, -0.2) is 0 Å². The number of nitrogens with zero attached hydrogens (tertiary/aromatic N) is 1. The van der Waals surface area contributed by atoms with Gasteiger partial charge in [0.25, 0.3) is 0 Å². The molecule has 0 amide bonds. The zero-order valence-corrected chi connectivity index (χ0v) is 13.1. The summed E-state index contributed by atoms with van der Waals surface area (Å²) in [5.41, 5.74) is 11.0. The van der Waals surface area contributed by atoms with Crippen molar-refractivity contribution in [1.82, 2.24) is 4.90 Å². The highest BCUT2D eigenvalue weighted by Crippen LogP contribution is 2.24. The van der Waals surface area contributed by atoms with E-state index in [0.717, 1.165) is 29.8 Å². The predicted molar refractivity (Wildman–Crippen MR) is 87.4 cm³/mol. The smallest absolute Gasteiger partial charge is 0.0318 e. The number of hydrogen-bond acceptors (Lipinski definition) is 2. The highest BCUT2D eigenvalue weighted by Gasteiger charge is 2.15. The Bertz CT molecular complexity index is 610. The van der Waals surface area contributed by atoms with E-state index >= 15 is 0 Å². The number of halogens is 1. The molecule has 1 aliphatic heterocycles. The van der Waals surface area contributed by atoms with Crippen LogP contribution in [0, 0.1) is 0 Å². The summed E-state index contributed by atoms with van der Waals surface area (Å²) in [6.45, 7) is 3.10. The quantitative estimate of drug-likeness (QED) is 0.844. The standard InChI is InChI=1S/C17H19BrN2/c18-17-8-7-16(19)10-15(17)12-20-9-3-6-13-4-1-2-5-14(13)11-20/h1-2,4-5,7-8,10H,3,6,9,11-12,19H2. The molecule has 104 valence electrons. The first-order valence-corrected chi connectivity index (χ1v) is 7.85. The van der Waals surface area contributed by atoms with Crippen LogP contribution in [-0.2, 0) is 19.5 Å². The van der Waals surface area contributed by atoms with Crippen LogP contribution >= 0.6 is 15.9 Å². The van der Waals surface area contributed by atoms with Gasteiger partial charge >= 0.3 is 0 Å². The molecule has 0 radical (unpaired) electrons. The Morgan fingerprint density at radius 3 is 2.75 bits per heavy atom. The molecule has 2 nitrogen and oxygen atoms in total. The number of benzene rings is 2. The van der Waals surface area contributed by atoms with Crippen molar-refractivity contribution in [1.29, 1.82) is 0 Å². The molecule has 0 aromatic heterocycles. The summed E-state index contributed by atoms with van der Waals surface area (Å²) in [7, 11) is 0. The van der Waals surface area contributed by atoms with Crippen molar-refractivity contribution in [2.75, 3.05) is 12.3 Å². The van der Waals surface area contributed by atoms with Crippen LogP contribution in [0.3, 0.4) is 0 Å². The van der Waals surface area contributed by atoms with E-state index in [4.69, 9.17) is 5.73 Å². The van der Waals surface area contributed by atoms with Gasteiger partial charge in [-0.05, 0) is 54.3 Å². The van der Waals surface area contributed by atoms with Gasteiger partial charge in [-0.15, -0.1) is 0 Å². The molecule has 0 saturated heterocycles. The minimum Gasteiger partial charge on any atom is -0.399 e. The second kappa shape index (κ2) is 5.98. The number of hydrogen-bond donors (Lipinski definition) is 1. The lowest BCUT2D eigenvalue weighted by atomic mass is 10.0. The van der Waals surface area contributed by atoms with Crippen LogP contribution in [0.4, 0.5) is 5.69 Å². The van der Waals surface area contributed by atoms with E-state index in [9.17, 15) is 0 Å². The first-order valence-electron chi connectivity index (χ1n) is 7.05. The highest BCUT2D eigenvalue weighted by molar-refractivity contribution is 9.10. The Hall–Kier alpha value is -1.32. The monoisotopic (exact) mass is 330 g/mol. The van der Waals surface area contributed by atoms with Crippen molar-refractivity contribution < 1.29 is 0 Å². The van der Waals surface area contributed by atoms with E-state index in [2.05, 4.69) is 51.2 Å². The lowest BCUT2D eigenvalue weighted by Crippen LogP contribution is -2.23. The maximum Gasteiger partial charge on any atom is 0.0318 e. The summed E-state index contributed by atoms with van der Waals surface area (Å²) < 4.78 is 1.14. The summed E-state index contributed by atoms with van der Waals surface area (Å²) in [4.78, 5) is 2.51. The lowest BCUT2D eigenvalue weighted by molar-refractivity contribution is 0.260. The van der Waals surface area contributed by atoms with Gasteiger partial charge in [0.15, 0.2) is 0 Å². The summed E-state index contributed by atoms with van der Waals surface area (Å²) in [5.74, 6) is 0. The van der Waals surface area contributed by atoms with Crippen molar-refractivity contribution in [2.45, 2.75) is 25.9 Å². The largest absolute Gasteiger partial charge is 0.399 e. The van der Waals surface area contributed by atoms with E-state index in [1.54, 1.807) is 0 Å². The molecule has 0 saturated carbocycles. The first-order chi connectivity index (χ1) is 9.72. The van der Waals surface area contributed by atoms with Crippen LogP contribution in [0.25, 0.3) is 0 Å². The number of aryl methyl sites for hydroxylation is 1. The summed E-state index contributed by atoms with van der Waals surface area (Å²) in [6.07, 6.45) is 2.40. The van der Waals surface area contributed by atoms with Crippen molar-refractivity contribution in [3.63, 3.8) is 0 Å². The molecule has 3 rings (SSSR count). The maximum absolute atomic E-state index is 5.90. The third kappa shape index (κ3) is 3.05. The van der Waals surface area contributed by atoms with E-state index in [-0.39, 0.29) is 0 Å². The Balaban J connectivity index is 1.80. The van der Waals surface area contributed by atoms with Crippen LogP contribution in [0.2, 0.25) is 0 Å². The SMILES string of the molecule is Nc1ccc(Br)c(CN2CCCc3ccccc3C2)c1. The fraction of sp³-hybridized carbons (Fsp3) is 0.294. The fourth-order valence-electron chi connectivity index (χ4n) is 2.86. The molecule has 3 heteroatoms. The molecule has 2 aromatic rings. The van der Waals surface area contributed by atoms with Gasteiger partial charge in [0, 0.05) is 23.2 Å². The fourth-order valence-corrected chi connectivity index (χ4v) is 3.23. The van der Waals surface area contributed by atoms with Gasteiger partial charge in [0.2, 0.25) is 0 Å². The third-order valence-electron chi connectivity index (χ3n) is 3.90. The summed E-state index contributed by atoms with van der Waals surface area (Å²) >= 11 is 3.63. The molecular formula is C17H19BrN2. The van der Waals surface area contributed by atoms with Crippen molar-refractivity contribution >= 4 is 21.6 Å². The summed E-state index contributed by atoms with van der Waals surface area (Å²) in [6, 6.07) is 14.8. The third-order valence-corrected chi connectivity index (χ3v) is 4.67. The molecule has 0 fully saturated rings. The molecule has 0 spiro atoms. The number of fused-ring (bicyclic) bond motifs is 1. The molecule has 0 aliphatic carbocycles. The Morgan fingerprint density at radius 2 is 1.90 bits per heavy atom.